The first-order valence-electron chi connectivity index (χ1n) is 8.01. The minimum atomic E-state index is -0.291. The maximum atomic E-state index is 12.3. The van der Waals surface area contributed by atoms with Crippen LogP contribution in [0, 0.1) is 0 Å². The Balaban J connectivity index is 1.58. The number of allylic oxidation sites excluding steroid dienone is 1. The van der Waals surface area contributed by atoms with Crippen LogP contribution in [-0.4, -0.2) is 27.4 Å². The van der Waals surface area contributed by atoms with Crippen LogP contribution in [0.1, 0.15) is 32.1 Å². The number of carbonyl (C=O) groups is 1. The zero-order chi connectivity index (χ0) is 16.1. The Morgan fingerprint density at radius 2 is 2.13 bits per heavy atom. The van der Waals surface area contributed by atoms with Crippen molar-refractivity contribution in [2.45, 2.75) is 38.6 Å². The summed E-state index contributed by atoms with van der Waals surface area (Å²) in [6.07, 6.45) is 7.93. The van der Waals surface area contributed by atoms with E-state index in [2.05, 4.69) is 21.7 Å². The molecule has 3 rings (SSSR count). The number of rotatable bonds is 5. The van der Waals surface area contributed by atoms with Crippen LogP contribution < -0.4 is 10.9 Å². The number of benzene rings is 1. The monoisotopic (exact) mass is 312 g/mol. The number of hydrogen-bond donors (Lipinski definition) is 1. The van der Waals surface area contributed by atoms with E-state index in [0.717, 1.165) is 23.9 Å². The summed E-state index contributed by atoms with van der Waals surface area (Å²) >= 11 is 0. The number of nitrogens with zero attached hydrogens (tertiary/aromatic N) is 3. The Bertz CT molecular complexity index is 795. The van der Waals surface area contributed by atoms with Crippen molar-refractivity contribution in [1.29, 1.82) is 0 Å². The molecule has 120 valence electrons. The van der Waals surface area contributed by atoms with E-state index >= 15 is 0 Å². The highest BCUT2D eigenvalue weighted by Gasteiger charge is 2.09. The van der Waals surface area contributed by atoms with Crippen molar-refractivity contribution in [3.63, 3.8) is 0 Å². The van der Waals surface area contributed by atoms with E-state index in [1.165, 1.54) is 18.4 Å². The van der Waals surface area contributed by atoms with Crippen molar-refractivity contribution in [2.24, 2.45) is 0 Å². The fourth-order valence-electron chi connectivity index (χ4n) is 2.81. The Kier molecular flexibility index (Phi) is 4.80. The summed E-state index contributed by atoms with van der Waals surface area (Å²) < 4.78 is 1.11. The van der Waals surface area contributed by atoms with Crippen molar-refractivity contribution in [3.05, 3.63) is 46.3 Å². The van der Waals surface area contributed by atoms with Crippen LogP contribution >= 0.6 is 0 Å². The van der Waals surface area contributed by atoms with Gasteiger partial charge in [-0.1, -0.05) is 29.0 Å². The topological polar surface area (TPSA) is 76.9 Å². The normalized spacial score (nSPS) is 14.5. The molecule has 6 heteroatoms. The van der Waals surface area contributed by atoms with Gasteiger partial charge in [-0.25, -0.2) is 4.68 Å². The van der Waals surface area contributed by atoms with E-state index in [-0.39, 0.29) is 18.0 Å². The SMILES string of the molecule is O=C(Cn1nnc2ccccc2c1=O)NCCC1=CCCCC1. The van der Waals surface area contributed by atoms with E-state index < -0.39 is 0 Å². The van der Waals surface area contributed by atoms with Crippen LogP contribution in [0.5, 0.6) is 0 Å². The number of aromatic nitrogens is 3. The number of nitrogens with one attached hydrogen (secondary N) is 1. The molecule has 0 bridgehead atoms. The number of amides is 1. The smallest absolute Gasteiger partial charge is 0.278 e. The lowest BCUT2D eigenvalue weighted by Gasteiger charge is -2.13. The predicted molar refractivity (Wildman–Crippen MR) is 88.0 cm³/mol. The number of carbonyl (C=O) groups excluding carboxylic acids is 1. The molecule has 1 aromatic heterocycles. The van der Waals surface area contributed by atoms with E-state index in [4.69, 9.17) is 0 Å². The van der Waals surface area contributed by atoms with Crippen LogP contribution in [0.4, 0.5) is 0 Å². The quantitative estimate of drug-likeness (QED) is 0.854. The fourth-order valence-corrected chi connectivity index (χ4v) is 2.81. The molecule has 1 amide bonds. The van der Waals surface area contributed by atoms with E-state index in [0.29, 0.717) is 17.4 Å². The summed E-state index contributed by atoms with van der Waals surface area (Å²) in [6.45, 7) is 0.496. The van der Waals surface area contributed by atoms with Crippen LogP contribution in [0.25, 0.3) is 10.9 Å². The van der Waals surface area contributed by atoms with Gasteiger partial charge in [0.15, 0.2) is 0 Å². The minimum Gasteiger partial charge on any atom is -0.354 e. The van der Waals surface area contributed by atoms with Crippen LogP contribution in [0.2, 0.25) is 0 Å². The van der Waals surface area contributed by atoms with Gasteiger partial charge in [0.2, 0.25) is 5.91 Å². The second-order valence-electron chi connectivity index (χ2n) is 5.78. The first kappa shape index (κ1) is 15.4. The number of hydrogen-bond acceptors (Lipinski definition) is 4. The zero-order valence-electron chi connectivity index (χ0n) is 13.0. The standard InChI is InChI=1S/C17H20N4O2/c22-16(18-11-10-13-6-2-1-3-7-13)12-21-17(23)14-8-4-5-9-15(14)19-20-21/h4-6,8-9H,1-3,7,10-12H2,(H,18,22). The Hall–Kier alpha value is -2.50. The Morgan fingerprint density at radius 3 is 2.96 bits per heavy atom. The maximum absolute atomic E-state index is 12.3. The zero-order valence-corrected chi connectivity index (χ0v) is 13.0. The van der Waals surface area contributed by atoms with Crippen LogP contribution in [0.3, 0.4) is 0 Å². The predicted octanol–water partition coefficient (Wildman–Crippen LogP) is 1.80. The van der Waals surface area contributed by atoms with Gasteiger partial charge in [-0.05, 0) is 44.2 Å². The molecule has 0 radical (unpaired) electrons. The average Bonchev–Trinajstić information content (AvgIpc) is 2.59. The third-order valence-corrected chi connectivity index (χ3v) is 4.08. The van der Waals surface area contributed by atoms with Gasteiger partial charge in [0.05, 0.1) is 5.39 Å². The van der Waals surface area contributed by atoms with Gasteiger partial charge in [0, 0.05) is 6.54 Å². The van der Waals surface area contributed by atoms with Gasteiger partial charge < -0.3 is 5.32 Å². The largest absolute Gasteiger partial charge is 0.354 e. The van der Waals surface area contributed by atoms with Crippen molar-refractivity contribution in [2.75, 3.05) is 6.54 Å². The highest BCUT2D eigenvalue weighted by molar-refractivity contribution is 5.78. The second kappa shape index (κ2) is 7.17. The van der Waals surface area contributed by atoms with Gasteiger partial charge in [-0.15, -0.1) is 5.10 Å². The Labute approximate surface area is 134 Å². The molecule has 1 N–H and O–H groups in total. The third-order valence-electron chi connectivity index (χ3n) is 4.08. The summed E-state index contributed by atoms with van der Waals surface area (Å²) in [5.41, 5.74) is 1.67. The van der Waals surface area contributed by atoms with Gasteiger partial charge in [0.25, 0.3) is 5.56 Å². The van der Waals surface area contributed by atoms with Crippen LogP contribution in [0.15, 0.2) is 40.7 Å². The summed E-state index contributed by atoms with van der Waals surface area (Å²) in [4.78, 5) is 24.2. The summed E-state index contributed by atoms with van der Waals surface area (Å²) in [5.74, 6) is -0.215. The number of fused-ring (bicyclic) bond motifs is 1. The van der Waals surface area contributed by atoms with Crippen LogP contribution in [-0.2, 0) is 11.3 Å². The molecule has 0 atom stereocenters. The molecule has 0 saturated heterocycles. The lowest BCUT2D eigenvalue weighted by molar-refractivity contribution is -0.121. The first-order valence-corrected chi connectivity index (χ1v) is 8.01. The van der Waals surface area contributed by atoms with E-state index in [9.17, 15) is 9.59 Å². The molecule has 0 spiro atoms. The molecule has 0 aliphatic heterocycles. The molecule has 23 heavy (non-hydrogen) atoms. The summed E-state index contributed by atoms with van der Waals surface area (Å²) in [5, 5.41) is 11.1. The van der Waals surface area contributed by atoms with Gasteiger partial charge >= 0.3 is 0 Å². The Morgan fingerprint density at radius 1 is 1.26 bits per heavy atom. The molecule has 0 saturated carbocycles. The van der Waals surface area contributed by atoms with Crippen molar-refractivity contribution < 1.29 is 4.79 Å². The molecule has 1 heterocycles. The molecule has 1 aliphatic carbocycles. The lowest BCUT2D eigenvalue weighted by atomic mass is 9.97. The highest BCUT2D eigenvalue weighted by Crippen LogP contribution is 2.19. The lowest BCUT2D eigenvalue weighted by Crippen LogP contribution is -2.34. The molecule has 1 aromatic carbocycles. The molecule has 1 aliphatic rings. The summed E-state index contributed by atoms with van der Waals surface area (Å²) in [6, 6.07) is 6.99. The molecular formula is C17H20N4O2. The third kappa shape index (κ3) is 3.83. The van der Waals surface area contributed by atoms with Crippen molar-refractivity contribution in [3.8, 4) is 0 Å². The van der Waals surface area contributed by atoms with Crippen molar-refractivity contribution in [1.82, 2.24) is 20.3 Å². The van der Waals surface area contributed by atoms with Gasteiger partial charge in [-0.2, -0.15) is 0 Å². The van der Waals surface area contributed by atoms with Crippen molar-refractivity contribution >= 4 is 16.8 Å². The van der Waals surface area contributed by atoms with E-state index in [1.807, 2.05) is 0 Å². The fraction of sp³-hybridized carbons (Fsp3) is 0.412. The molecule has 0 unspecified atom stereocenters. The van der Waals surface area contributed by atoms with Gasteiger partial charge in [0.1, 0.15) is 12.1 Å². The highest BCUT2D eigenvalue weighted by atomic mass is 16.2. The average molecular weight is 312 g/mol. The second-order valence-corrected chi connectivity index (χ2v) is 5.78. The molecule has 6 nitrogen and oxygen atoms in total. The minimum absolute atomic E-state index is 0.101. The molecule has 2 aromatic rings. The maximum Gasteiger partial charge on any atom is 0.278 e. The molecular weight excluding hydrogens is 292 g/mol. The summed E-state index contributed by atoms with van der Waals surface area (Å²) in [7, 11) is 0. The first-order chi connectivity index (χ1) is 11.2. The van der Waals surface area contributed by atoms with Gasteiger partial charge in [-0.3, -0.25) is 9.59 Å². The van der Waals surface area contributed by atoms with E-state index in [1.54, 1.807) is 24.3 Å². The molecule has 0 fully saturated rings.